The van der Waals surface area contributed by atoms with Crippen molar-refractivity contribution in [3.63, 3.8) is 0 Å². The summed E-state index contributed by atoms with van der Waals surface area (Å²) in [5.41, 5.74) is 3.09. The summed E-state index contributed by atoms with van der Waals surface area (Å²) < 4.78 is 2.13. The van der Waals surface area contributed by atoms with Crippen LogP contribution in [0.25, 0.3) is 20.8 Å². The number of rotatable bonds is 3. The van der Waals surface area contributed by atoms with E-state index in [9.17, 15) is 4.79 Å². The minimum Gasteiger partial charge on any atom is -0.322 e. The van der Waals surface area contributed by atoms with Crippen molar-refractivity contribution in [2.24, 2.45) is 0 Å². The first-order chi connectivity index (χ1) is 12.6. The Morgan fingerprint density at radius 2 is 1.88 bits per heavy atom. The third-order valence-electron chi connectivity index (χ3n) is 3.84. The van der Waals surface area contributed by atoms with Crippen LogP contribution in [-0.2, 0) is 0 Å². The first kappa shape index (κ1) is 17.5. The van der Waals surface area contributed by atoms with Crippen molar-refractivity contribution in [2.45, 2.75) is 0 Å². The number of nitrogens with zero attached hydrogens (tertiary/aromatic N) is 1. The van der Waals surface area contributed by atoms with E-state index in [0.29, 0.717) is 16.3 Å². The quantitative estimate of drug-likeness (QED) is 0.334. The van der Waals surface area contributed by atoms with Gasteiger partial charge < -0.3 is 5.32 Å². The third-order valence-corrected chi connectivity index (χ3v) is 5.89. The molecular weight excluding hydrogens is 479 g/mol. The van der Waals surface area contributed by atoms with Gasteiger partial charge in [0, 0.05) is 20.4 Å². The molecule has 0 atom stereocenters. The lowest BCUT2D eigenvalue weighted by molar-refractivity contribution is 0.102. The summed E-state index contributed by atoms with van der Waals surface area (Å²) >= 11 is 10.2. The van der Waals surface area contributed by atoms with E-state index in [2.05, 4.69) is 32.9 Å². The second-order valence-corrected chi connectivity index (χ2v) is 8.33. The highest BCUT2D eigenvalue weighted by Crippen LogP contribution is 2.35. The number of nitrogens with one attached hydrogen (secondary N) is 1. The number of amides is 1. The Hall–Kier alpha value is -1.96. The van der Waals surface area contributed by atoms with Crippen LogP contribution < -0.4 is 5.32 Å². The number of thiazole rings is 1. The van der Waals surface area contributed by atoms with Gasteiger partial charge in [-0.2, -0.15) is 0 Å². The molecule has 3 aromatic carbocycles. The maximum Gasteiger partial charge on any atom is 0.255 e. The van der Waals surface area contributed by atoms with Crippen LogP contribution in [0.15, 0.2) is 66.7 Å². The van der Waals surface area contributed by atoms with E-state index in [1.54, 1.807) is 23.5 Å². The molecule has 1 aromatic heterocycles. The fourth-order valence-corrected chi connectivity index (χ4v) is 4.46. The first-order valence-corrected chi connectivity index (χ1v) is 10.1. The number of fused-ring (bicyclic) bond motifs is 1. The zero-order chi connectivity index (χ0) is 18.1. The zero-order valence-electron chi connectivity index (χ0n) is 13.4. The number of halogens is 2. The van der Waals surface area contributed by atoms with Gasteiger partial charge in [-0.25, -0.2) is 4.98 Å². The molecule has 4 aromatic rings. The van der Waals surface area contributed by atoms with Crippen molar-refractivity contribution in [3.05, 3.63) is 80.9 Å². The lowest BCUT2D eigenvalue weighted by Crippen LogP contribution is -2.11. The normalized spacial score (nSPS) is 10.8. The number of aromatic nitrogens is 1. The summed E-state index contributed by atoms with van der Waals surface area (Å²) in [6.07, 6.45) is 0. The molecule has 0 aliphatic rings. The highest BCUT2D eigenvalue weighted by molar-refractivity contribution is 14.1. The molecule has 26 heavy (non-hydrogen) atoms. The standard InChI is InChI=1S/C20H12ClIN2OS/c21-16-11-14(23-19(25)12-4-3-5-13(22)10-12)8-9-15(16)20-24-17-6-1-2-7-18(17)26-20/h1-11H,(H,23,25). The van der Waals surface area contributed by atoms with Gasteiger partial charge in [-0.15, -0.1) is 11.3 Å². The lowest BCUT2D eigenvalue weighted by Gasteiger charge is -2.08. The molecule has 0 aliphatic heterocycles. The molecule has 1 heterocycles. The van der Waals surface area contributed by atoms with Gasteiger partial charge in [0.2, 0.25) is 0 Å². The minimum absolute atomic E-state index is 0.160. The summed E-state index contributed by atoms with van der Waals surface area (Å²) in [5, 5.41) is 4.31. The monoisotopic (exact) mass is 490 g/mol. The molecule has 0 spiro atoms. The van der Waals surface area contributed by atoms with Gasteiger partial charge in [0.15, 0.2) is 0 Å². The predicted molar refractivity (Wildman–Crippen MR) is 117 cm³/mol. The van der Waals surface area contributed by atoms with Crippen LogP contribution in [0.4, 0.5) is 5.69 Å². The smallest absolute Gasteiger partial charge is 0.255 e. The van der Waals surface area contributed by atoms with E-state index in [1.807, 2.05) is 54.6 Å². The Morgan fingerprint density at radius 3 is 2.65 bits per heavy atom. The SMILES string of the molecule is O=C(Nc1ccc(-c2nc3ccccc3s2)c(Cl)c1)c1cccc(I)c1. The molecular formula is C20H12ClIN2OS. The summed E-state index contributed by atoms with van der Waals surface area (Å²) in [5.74, 6) is -0.160. The molecule has 0 saturated heterocycles. The van der Waals surface area contributed by atoms with E-state index in [-0.39, 0.29) is 5.91 Å². The number of carbonyl (C=O) groups is 1. The fourth-order valence-electron chi connectivity index (χ4n) is 2.59. The Labute approximate surface area is 173 Å². The van der Waals surface area contributed by atoms with Crippen molar-refractivity contribution >= 4 is 67.3 Å². The minimum atomic E-state index is -0.160. The van der Waals surface area contributed by atoms with E-state index in [0.717, 1.165) is 24.4 Å². The van der Waals surface area contributed by atoms with Crippen molar-refractivity contribution in [1.29, 1.82) is 0 Å². The molecule has 0 radical (unpaired) electrons. The van der Waals surface area contributed by atoms with E-state index >= 15 is 0 Å². The van der Waals surface area contributed by atoms with Gasteiger partial charge in [0.05, 0.1) is 15.2 Å². The Balaban J connectivity index is 1.60. The number of hydrogen-bond donors (Lipinski definition) is 1. The molecule has 0 fully saturated rings. The number of hydrogen-bond acceptors (Lipinski definition) is 3. The van der Waals surface area contributed by atoms with Gasteiger partial charge in [0.1, 0.15) is 5.01 Å². The van der Waals surface area contributed by atoms with Crippen molar-refractivity contribution < 1.29 is 4.79 Å². The average molecular weight is 491 g/mol. The maximum absolute atomic E-state index is 12.4. The lowest BCUT2D eigenvalue weighted by atomic mass is 10.2. The summed E-state index contributed by atoms with van der Waals surface area (Å²) in [6.45, 7) is 0. The Morgan fingerprint density at radius 1 is 1.04 bits per heavy atom. The van der Waals surface area contributed by atoms with Crippen LogP contribution in [-0.4, -0.2) is 10.9 Å². The molecule has 0 saturated carbocycles. The number of para-hydroxylation sites is 1. The molecule has 1 N–H and O–H groups in total. The predicted octanol–water partition coefficient (Wildman–Crippen LogP) is 6.47. The van der Waals surface area contributed by atoms with Crippen LogP contribution in [0, 0.1) is 3.57 Å². The number of carbonyl (C=O) groups excluding carboxylic acids is 1. The van der Waals surface area contributed by atoms with Crippen molar-refractivity contribution in [2.75, 3.05) is 5.32 Å². The number of anilines is 1. The van der Waals surface area contributed by atoms with E-state index in [4.69, 9.17) is 11.6 Å². The van der Waals surface area contributed by atoms with E-state index in [1.165, 1.54) is 0 Å². The molecule has 4 rings (SSSR count). The van der Waals surface area contributed by atoms with E-state index < -0.39 is 0 Å². The first-order valence-electron chi connectivity index (χ1n) is 7.82. The molecule has 0 bridgehead atoms. The topological polar surface area (TPSA) is 42.0 Å². The molecule has 1 amide bonds. The van der Waals surface area contributed by atoms with Crippen LogP contribution in [0.3, 0.4) is 0 Å². The summed E-state index contributed by atoms with van der Waals surface area (Å²) in [4.78, 5) is 17.0. The Bertz CT molecular complexity index is 1090. The molecule has 128 valence electrons. The second kappa shape index (κ2) is 7.34. The highest BCUT2D eigenvalue weighted by atomic mass is 127. The second-order valence-electron chi connectivity index (χ2n) is 5.65. The van der Waals surface area contributed by atoms with Crippen LogP contribution in [0.2, 0.25) is 5.02 Å². The molecule has 0 aliphatic carbocycles. The zero-order valence-corrected chi connectivity index (χ0v) is 17.1. The van der Waals surface area contributed by atoms with Crippen LogP contribution >= 0.6 is 45.5 Å². The number of benzene rings is 3. The van der Waals surface area contributed by atoms with Crippen molar-refractivity contribution in [1.82, 2.24) is 4.98 Å². The van der Waals surface area contributed by atoms with Gasteiger partial charge in [-0.05, 0) is 71.1 Å². The Kier molecular flexibility index (Phi) is 4.93. The summed E-state index contributed by atoms with van der Waals surface area (Å²) in [7, 11) is 0. The van der Waals surface area contributed by atoms with Gasteiger partial charge in [-0.1, -0.05) is 29.8 Å². The van der Waals surface area contributed by atoms with Crippen LogP contribution in [0.1, 0.15) is 10.4 Å². The van der Waals surface area contributed by atoms with Crippen LogP contribution in [0.5, 0.6) is 0 Å². The van der Waals surface area contributed by atoms with Gasteiger partial charge >= 0.3 is 0 Å². The molecule has 3 nitrogen and oxygen atoms in total. The molecule has 0 unspecified atom stereocenters. The maximum atomic E-state index is 12.4. The molecule has 6 heteroatoms. The third kappa shape index (κ3) is 3.60. The van der Waals surface area contributed by atoms with Crippen molar-refractivity contribution in [3.8, 4) is 10.6 Å². The average Bonchev–Trinajstić information content (AvgIpc) is 3.05. The van der Waals surface area contributed by atoms with Gasteiger partial charge in [0.25, 0.3) is 5.91 Å². The highest BCUT2D eigenvalue weighted by Gasteiger charge is 2.12. The summed E-state index contributed by atoms with van der Waals surface area (Å²) in [6, 6.07) is 20.9. The van der Waals surface area contributed by atoms with Gasteiger partial charge in [-0.3, -0.25) is 4.79 Å². The largest absolute Gasteiger partial charge is 0.322 e. The fraction of sp³-hybridized carbons (Fsp3) is 0.